The van der Waals surface area contributed by atoms with Crippen molar-refractivity contribution in [3.05, 3.63) is 48.0 Å². The van der Waals surface area contributed by atoms with Gasteiger partial charge in [0.1, 0.15) is 5.76 Å². The van der Waals surface area contributed by atoms with E-state index in [1.165, 1.54) is 0 Å². The summed E-state index contributed by atoms with van der Waals surface area (Å²) in [5.41, 5.74) is 0.647. The van der Waals surface area contributed by atoms with Crippen LogP contribution in [-0.2, 0) is 4.74 Å². The van der Waals surface area contributed by atoms with Crippen molar-refractivity contribution >= 4 is 5.91 Å². The number of hydrogen-bond acceptors (Lipinski definition) is 5. The van der Waals surface area contributed by atoms with Gasteiger partial charge in [-0.1, -0.05) is 6.07 Å². The van der Waals surface area contributed by atoms with Gasteiger partial charge in [-0.3, -0.25) is 4.79 Å². The number of nitrogens with zero attached hydrogens (tertiary/aromatic N) is 2. The van der Waals surface area contributed by atoms with Crippen LogP contribution in [0.5, 0.6) is 5.88 Å². The summed E-state index contributed by atoms with van der Waals surface area (Å²) in [5.74, 6) is 1.70. The summed E-state index contributed by atoms with van der Waals surface area (Å²) < 4.78 is 17.0. The maximum atomic E-state index is 12.9. The monoisotopic (exact) mass is 342 g/mol. The van der Waals surface area contributed by atoms with Crippen LogP contribution in [0.4, 0.5) is 0 Å². The van der Waals surface area contributed by atoms with Crippen LogP contribution < -0.4 is 4.74 Å². The van der Waals surface area contributed by atoms with Crippen molar-refractivity contribution in [1.29, 1.82) is 0 Å². The van der Waals surface area contributed by atoms with E-state index < -0.39 is 0 Å². The second-order valence-electron chi connectivity index (χ2n) is 6.68. The molecule has 2 aromatic rings. The molecular weight excluding hydrogens is 320 g/mol. The minimum absolute atomic E-state index is 0.0378. The fourth-order valence-corrected chi connectivity index (χ4v) is 3.84. The molecule has 132 valence electrons. The average molecular weight is 342 g/mol. The fourth-order valence-electron chi connectivity index (χ4n) is 3.84. The number of furan rings is 1. The predicted octanol–water partition coefficient (Wildman–Crippen LogP) is 2.68. The van der Waals surface area contributed by atoms with Gasteiger partial charge in [-0.2, -0.15) is 0 Å². The van der Waals surface area contributed by atoms with Gasteiger partial charge in [-0.15, -0.1) is 0 Å². The number of rotatable bonds is 4. The minimum atomic E-state index is 0.0378. The molecule has 6 nitrogen and oxygen atoms in total. The maximum absolute atomic E-state index is 12.9. The third-order valence-corrected chi connectivity index (χ3v) is 5.09. The van der Waals surface area contributed by atoms with Gasteiger partial charge in [0.05, 0.1) is 37.2 Å². The van der Waals surface area contributed by atoms with Crippen molar-refractivity contribution < 1.29 is 18.7 Å². The molecule has 1 aliphatic heterocycles. The van der Waals surface area contributed by atoms with E-state index in [4.69, 9.17) is 13.9 Å². The number of hydrogen-bond donors (Lipinski definition) is 0. The molecule has 1 aliphatic carbocycles. The highest BCUT2D eigenvalue weighted by molar-refractivity contribution is 5.95. The molecule has 2 fully saturated rings. The van der Waals surface area contributed by atoms with E-state index in [-0.39, 0.29) is 18.1 Å². The van der Waals surface area contributed by atoms with Crippen molar-refractivity contribution in [3.63, 3.8) is 0 Å². The van der Waals surface area contributed by atoms with Crippen LogP contribution in [0, 0.1) is 12.8 Å². The summed E-state index contributed by atoms with van der Waals surface area (Å²) in [5, 5.41) is 0. The number of pyridine rings is 1. The number of ether oxygens (including phenoxy) is 2. The number of fused-ring (bicyclic) bond motifs is 1. The van der Waals surface area contributed by atoms with Crippen LogP contribution in [0.25, 0.3) is 0 Å². The first-order valence-electron chi connectivity index (χ1n) is 8.73. The highest BCUT2D eigenvalue weighted by Gasteiger charge is 2.43. The number of carbonyl (C=O) groups excluding carboxylic acids is 1. The van der Waals surface area contributed by atoms with Crippen LogP contribution in [-0.4, -0.2) is 47.7 Å². The Kier molecular flexibility index (Phi) is 4.44. The van der Waals surface area contributed by atoms with E-state index in [2.05, 4.69) is 4.98 Å². The summed E-state index contributed by atoms with van der Waals surface area (Å²) in [6.07, 6.45) is 5.17. The Bertz CT molecular complexity index is 730. The Morgan fingerprint density at radius 3 is 3.04 bits per heavy atom. The molecule has 1 saturated carbocycles. The van der Waals surface area contributed by atoms with Crippen LogP contribution in [0.3, 0.4) is 0 Å². The molecule has 0 N–H and O–H groups in total. The van der Waals surface area contributed by atoms with E-state index in [9.17, 15) is 4.79 Å². The minimum Gasteiger partial charge on any atom is -0.477 e. The smallest absolute Gasteiger partial charge is 0.257 e. The number of carbonyl (C=O) groups is 1. The maximum Gasteiger partial charge on any atom is 0.257 e. The standard InChI is InChI=1S/C19H22N2O4/c1-13-15(5-8-23-13)19(22)21-7-9-24-17-11-14(10-16(17)21)12-25-18-4-2-3-6-20-18/h2-6,8,14,16-17H,7,9-12H2,1H3/t14-,16-,17-/m1/s1. The van der Waals surface area contributed by atoms with Crippen LogP contribution in [0.15, 0.2) is 41.1 Å². The van der Waals surface area contributed by atoms with Crippen LogP contribution in [0.1, 0.15) is 29.0 Å². The van der Waals surface area contributed by atoms with Crippen molar-refractivity contribution in [1.82, 2.24) is 9.88 Å². The summed E-state index contributed by atoms with van der Waals surface area (Å²) in [7, 11) is 0. The lowest BCUT2D eigenvalue weighted by Gasteiger charge is -2.37. The molecule has 0 spiro atoms. The molecule has 3 atom stereocenters. The molecule has 0 unspecified atom stereocenters. The predicted molar refractivity (Wildman–Crippen MR) is 90.5 cm³/mol. The zero-order valence-corrected chi connectivity index (χ0v) is 14.3. The lowest BCUT2D eigenvalue weighted by molar-refractivity contribution is -0.0449. The van der Waals surface area contributed by atoms with Crippen molar-refractivity contribution in [2.45, 2.75) is 31.9 Å². The van der Waals surface area contributed by atoms with E-state index in [0.717, 1.165) is 12.8 Å². The first-order valence-corrected chi connectivity index (χ1v) is 8.73. The summed E-state index contributed by atoms with van der Waals surface area (Å²) >= 11 is 0. The lowest BCUT2D eigenvalue weighted by Crippen LogP contribution is -2.51. The number of amides is 1. The number of aromatic nitrogens is 1. The molecule has 2 aromatic heterocycles. The largest absolute Gasteiger partial charge is 0.477 e. The Balaban J connectivity index is 1.42. The first-order chi connectivity index (χ1) is 12.2. The third kappa shape index (κ3) is 3.26. The molecule has 1 saturated heterocycles. The molecule has 6 heteroatoms. The van der Waals surface area contributed by atoms with Crippen LogP contribution >= 0.6 is 0 Å². The Morgan fingerprint density at radius 1 is 1.36 bits per heavy atom. The second-order valence-corrected chi connectivity index (χ2v) is 6.68. The number of morpholine rings is 1. The van der Waals surface area contributed by atoms with Gasteiger partial charge in [0.15, 0.2) is 0 Å². The van der Waals surface area contributed by atoms with Crippen LogP contribution in [0.2, 0.25) is 0 Å². The molecule has 1 amide bonds. The van der Waals surface area contributed by atoms with Gasteiger partial charge >= 0.3 is 0 Å². The van der Waals surface area contributed by atoms with Gasteiger partial charge in [0, 0.05) is 18.8 Å². The summed E-state index contributed by atoms with van der Waals surface area (Å²) in [6, 6.07) is 7.49. The quantitative estimate of drug-likeness (QED) is 0.855. The first kappa shape index (κ1) is 16.1. The van der Waals surface area contributed by atoms with E-state index in [1.54, 1.807) is 18.5 Å². The summed E-state index contributed by atoms with van der Waals surface area (Å²) in [4.78, 5) is 19.0. The molecule has 0 bridgehead atoms. The molecule has 4 rings (SSSR count). The van der Waals surface area contributed by atoms with Gasteiger partial charge in [-0.25, -0.2) is 4.98 Å². The Hall–Kier alpha value is -2.34. The number of aryl methyl sites for hydroxylation is 1. The van der Waals surface area contributed by atoms with Gasteiger partial charge < -0.3 is 18.8 Å². The molecule has 3 heterocycles. The molecule has 2 aliphatic rings. The fraction of sp³-hybridized carbons (Fsp3) is 0.474. The van der Waals surface area contributed by atoms with Crippen molar-refractivity contribution in [3.8, 4) is 5.88 Å². The lowest BCUT2D eigenvalue weighted by atomic mass is 10.1. The summed E-state index contributed by atoms with van der Waals surface area (Å²) in [6.45, 7) is 3.62. The van der Waals surface area contributed by atoms with Crippen molar-refractivity contribution in [2.24, 2.45) is 5.92 Å². The van der Waals surface area contributed by atoms with Gasteiger partial charge in [0.2, 0.25) is 5.88 Å². The van der Waals surface area contributed by atoms with E-state index >= 15 is 0 Å². The topological polar surface area (TPSA) is 64.8 Å². The SMILES string of the molecule is Cc1occc1C(=O)N1CCO[C@@H]2C[C@H](COc3ccccn3)C[C@H]21. The Morgan fingerprint density at radius 2 is 2.28 bits per heavy atom. The van der Waals surface area contributed by atoms with E-state index in [0.29, 0.717) is 42.9 Å². The molecule has 25 heavy (non-hydrogen) atoms. The highest BCUT2D eigenvalue weighted by Crippen LogP contribution is 2.35. The normalized spacial score (nSPS) is 25.6. The molecule has 0 aromatic carbocycles. The zero-order chi connectivity index (χ0) is 17.2. The zero-order valence-electron chi connectivity index (χ0n) is 14.3. The molecule has 0 radical (unpaired) electrons. The van der Waals surface area contributed by atoms with Crippen molar-refractivity contribution in [2.75, 3.05) is 19.8 Å². The highest BCUT2D eigenvalue weighted by atomic mass is 16.5. The Labute approximate surface area is 146 Å². The third-order valence-electron chi connectivity index (χ3n) is 5.09. The average Bonchev–Trinajstić information content (AvgIpc) is 3.25. The molecular formula is C19H22N2O4. The van der Waals surface area contributed by atoms with Gasteiger partial charge in [0.25, 0.3) is 5.91 Å². The van der Waals surface area contributed by atoms with E-state index in [1.807, 2.05) is 30.0 Å². The second kappa shape index (κ2) is 6.88. The van der Waals surface area contributed by atoms with Gasteiger partial charge in [-0.05, 0) is 37.8 Å².